The van der Waals surface area contributed by atoms with Crippen molar-refractivity contribution in [3.05, 3.63) is 47.5 Å². The fraction of sp³-hybridized carbons (Fsp3) is 0.517. The molecule has 2 aliphatic heterocycles. The largest absolute Gasteiger partial charge is 0.454 e. The highest BCUT2D eigenvalue weighted by molar-refractivity contribution is 6.01. The summed E-state index contributed by atoms with van der Waals surface area (Å²) >= 11 is 0. The van der Waals surface area contributed by atoms with Crippen molar-refractivity contribution < 1.29 is 24.2 Å². The molecule has 1 aliphatic carbocycles. The van der Waals surface area contributed by atoms with E-state index in [0.29, 0.717) is 24.8 Å². The Hall–Kier alpha value is -3.26. The molecule has 1 unspecified atom stereocenters. The molecule has 1 atom stereocenters. The van der Waals surface area contributed by atoms with Crippen molar-refractivity contribution in [1.82, 2.24) is 5.32 Å². The Labute approximate surface area is 218 Å². The Kier molecular flexibility index (Phi) is 6.79. The van der Waals surface area contributed by atoms with Crippen molar-refractivity contribution in [2.45, 2.75) is 64.3 Å². The molecule has 2 aromatic rings. The molecule has 0 aromatic heterocycles. The van der Waals surface area contributed by atoms with Gasteiger partial charge in [0.05, 0.1) is 12.0 Å². The second-order valence-corrected chi connectivity index (χ2v) is 11.4. The maximum Gasteiger partial charge on any atom is 0.235 e. The highest BCUT2D eigenvalue weighted by Gasteiger charge is 2.51. The number of carbonyl (C=O) groups excluding carboxylic acids is 2. The number of ether oxygens (including phenoxy) is 2. The van der Waals surface area contributed by atoms with Crippen LogP contribution in [0.1, 0.15) is 57.6 Å². The van der Waals surface area contributed by atoms with Gasteiger partial charge in [0.2, 0.25) is 18.6 Å². The summed E-state index contributed by atoms with van der Waals surface area (Å²) < 4.78 is 10.9. The maximum atomic E-state index is 13.4. The summed E-state index contributed by atoms with van der Waals surface area (Å²) in [5.41, 5.74) is 3.71. The van der Waals surface area contributed by atoms with Crippen LogP contribution in [0.15, 0.2) is 36.4 Å². The highest BCUT2D eigenvalue weighted by atomic mass is 16.7. The molecular formula is C29H37N3O5. The number of benzene rings is 2. The van der Waals surface area contributed by atoms with E-state index in [1.807, 2.05) is 24.3 Å². The van der Waals surface area contributed by atoms with Gasteiger partial charge in [0.1, 0.15) is 0 Å². The number of aliphatic hydroxyl groups excluding tert-OH is 1. The molecule has 2 aromatic carbocycles. The van der Waals surface area contributed by atoms with Crippen molar-refractivity contribution in [1.29, 1.82) is 0 Å². The number of amides is 2. The number of hydrogen-bond donors (Lipinski definition) is 3. The summed E-state index contributed by atoms with van der Waals surface area (Å²) in [5, 5.41) is 14.8. The average Bonchev–Trinajstić information content (AvgIpc) is 3.40. The van der Waals surface area contributed by atoms with Gasteiger partial charge in [0, 0.05) is 36.9 Å². The van der Waals surface area contributed by atoms with Crippen molar-refractivity contribution in [3.63, 3.8) is 0 Å². The standard InChI is InChI=1S/C29H37N3O5/c1-28(2,3)25-16-19-15-21(7-8-22(19)32(25)13-4-5-26(34)30-12-14-33)31-27(35)29(10-11-29)20-6-9-23-24(17-20)37-18-36-23/h6-9,15,17,25,33H,4-5,10-14,16,18H2,1-3H3,(H,30,34)(H,31,35). The number of rotatable bonds is 9. The van der Waals surface area contributed by atoms with Gasteiger partial charge in [0.25, 0.3) is 0 Å². The summed E-state index contributed by atoms with van der Waals surface area (Å²) in [6, 6.07) is 12.3. The van der Waals surface area contributed by atoms with E-state index >= 15 is 0 Å². The molecule has 3 aliphatic rings. The van der Waals surface area contributed by atoms with Crippen molar-refractivity contribution >= 4 is 23.2 Å². The van der Waals surface area contributed by atoms with Gasteiger partial charge < -0.3 is 30.1 Å². The number of nitrogens with zero attached hydrogens (tertiary/aromatic N) is 1. The first kappa shape index (κ1) is 25.4. The minimum atomic E-state index is -0.517. The number of anilines is 2. The summed E-state index contributed by atoms with van der Waals surface area (Å²) in [6.45, 7) is 7.98. The third kappa shape index (κ3) is 5.12. The second-order valence-electron chi connectivity index (χ2n) is 11.4. The molecule has 0 radical (unpaired) electrons. The molecule has 0 saturated heterocycles. The average molecular weight is 508 g/mol. The maximum absolute atomic E-state index is 13.4. The van der Waals surface area contributed by atoms with Gasteiger partial charge in [-0.3, -0.25) is 9.59 Å². The van der Waals surface area contributed by atoms with E-state index in [2.05, 4.69) is 48.4 Å². The fourth-order valence-electron chi connectivity index (χ4n) is 5.55. The summed E-state index contributed by atoms with van der Waals surface area (Å²) in [4.78, 5) is 27.8. The minimum absolute atomic E-state index is 0.0161. The van der Waals surface area contributed by atoms with E-state index in [9.17, 15) is 9.59 Å². The number of aliphatic hydroxyl groups is 1. The Balaban J connectivity index is 1.28. The van der Waals surface area contributed by atoms with Crippen LogP contribution in [0.25, 0.3) is 0 Å². The highest BCUT2D eigenvalue weighted by Crippen LogP contribution is 2.51. The van der Waals surface area contributed by atoms with Crippen molar-refractivity contribution in [2.75, 3.05) is 36.7 Å². The Morgan fingerprint density at radius 1 is 1.11 bits per heavy atom. The van der Waals surface area contributed by atoms with Gasteiger partial charge in [-0.05, 0) is 72.6 Å². The van der Waals surface area contributed by atoms with Gasteiger partial charge in [-0.15, -0.1) is 0 Å². The van der Waals surface area contributed by atoms with Crippen LogP contribution in [0, 0.1) is 5.41 Å². The van der Waals surface area contributed by atoms with Crippen LogP contribution in [0.5, 0.6) is 11.5 Å². The predicted octanol–water partition coefficient (Wildman–Crippen LogP) is 3.75. The van der Waals surface area contributed by atoms with E-state index in [0.717, 1.165) is 49.2 Å². The van der Waals surface area contributed by atoms with Crippen LogP contribution >= 0.6 is 0 Å². The lowest BCUT2D eigenvalue weighted by Gasteiger charge is -2.37. The molecule has 1 fully saturated rings. The third-order valence-corrected chi connectivity index (χ3v) is 7.78. The summed E-state index contributed by atoms with van der Waals surface area (Å²) in [5.74, 6) is 1.41. The molecule has 0 bridgehead atoms. The zero-order valence-electron chi connectivity index (χ0n) is 21.9. The first-order valence-electron chi connectivity index (χ1n) is 13.2. The SMILES string of the molecule is CC(C)(C)C1Cc2cc(NC(=O)C3(c4ccc5c(c4)OCO5)CC3)ccc2N1CCCC(=O)NCCO. The Morgan fingerprint density at radius 2 is 1.89 bits per heavy atom. The van der Waals surface area contributed by atoms with Crippen LogP contribution in [-0.4, -0.2) is 49.5 Å². The van der Waals surface area contributed by atoms with Gasteiger partial charge in [-0.25, -0.2) is 0 Å². The lowest BCUT2D eigenvalue weighted by atomic mass is 9.84. The summed E-state index contributed by atoms with van der Waals surface area (Å²) in [6.07, 6.45) is 3.69. The van der Waals surface area contributed by atoms with Crippen LogP contribution in [0.2, 0.25) is 0 Å². The fourth-order valence-corrected chi connectivity index (χ4v) is 5.55. The molecule has 8 heteroatoms. The molecule has 2 heterocycles. The number of hydrogen-bond acceptors (Lipinski definition) is 6. The van der Waals surface area contributed by atoms with E-state index in [4.69, 9.17) is 14.6 Å². The molecule has 5 rings (SSSR count). The minimum Gasteiger partial charge on any atom is -0.454 e. The van der Waals surface area contributed by atoms with E-state index in [1.165, 1.54) is 11.3 Å². The number of fused-ring (bicyclic) bond motifs is 2. The second kappa shape index (κ2) is 9.89. The van der Waals surface area contributed by atoms with Crippen LogP contribution in [0.4, 0.5) is 11.4 Å². The van der Waals surface area contributed by atoms with Gasteiger partial charge >= 0.3 is 0 Å². The Morgan fingerprint density at radius 3 is 2.62 bits per heavy atom. The Bertz CT molecular complexity index is 1180. The first-order chi connectivity index (χ1) is 17.7. The molecule has 2 amide bonds. The zero-order chi connectivity index (χ0) is 26.2. The topological polar surface area (TPSA) is 100 Å². The smallest absolute Gasteiger partial charge is 0.235 e. The van der Waals surface area contributed by atoms with Crippen LogP contribution in [0.3, 0.4) is 0 Å². The number of carbonyl (C=O) groups is 2. The first-order valence-corrected chi connectivity index (χ1v) is 13.2. The normalized spacial score (nSPS) is 18.9. The summed E-state index contributed by atoms with van der Waals surface area (Å²) in [7, 11) is 0. The molecule has 37 heavy (non-hydrogen) atoms. The number of nitrogens with one attached hydrogen (secondary N) is 2. The van der Waals surface area contributed by atoms with Gasteiger partial charge in [0.15, 0.2) is 11.5 Å². The molecular weight excluding hydrogens is 470 g/mol. The van der Waals surface area contributed by atoms with Gasteiger partial charge in [-0.2, -0.15) is 0 Å². The quantitative estimate of drug-likeness (QED) is 0.478. The lowest BCUT2D eigenvalue weighted by Crippen LogP contribution is -2.42. The molecule has 1 saturated carbocycles. The van der Waals surface area contributed by atoms with Crippen molar-refractivity contribution in [3.8, 4) is 11.5 Å². The zero-order valence-corrected chi connectivity index (χ0v) is 21.9. The van der Waals surface area contributed by atoms with Gasteiger partial charge in [-0.1, -0.05) is 26.8 Å². The lowest BCUT2D eigenvalue weighted by molar-refractivity contribution is -0.121. The third-order valence-electron chi connectivity index (χ3n) is 7.78. The van der Waals surface area contributed by atoms with E-state index in [1.54, 1.807) is 0 Å². The molecule has 3 N–H and O–H groups in total. The van der Waals surface area contributed by atoms with Crippen LogP contribution in [-0.2, 0) is 21.4 Å². The molecule has 8 nitrogen and oxygen atoms in total. The molecule has 198 valence electrons. The van der Waals surface area contributed by atoms with Crippen LogP contribution < -0.4 is 25.0 Å². The van der Waals surface area contributed by atoms with E-state index in [-0.39, 0.29) is 30.6 Å². The monoisotopic (exact) mass is 507 g/mol. The predicted molar refractivity (Wildman–Crippen MR) is 142 cm³/mol. The molecule has 0 spiro atoms. The van der Waals surface area contributed by atoms with Crippen molar-refractivity contribution in [2.24, 2.45) is 5.41 Å². The van der Waals surface area contributed by atoms with E-state index < -0.39 is 5.41 Å².